The van der Waals surface area contributed by atoms with Gasteiger partial charge in [-0.05, 0) is 44.8 Å². The summed E-state index contributed by atoms with van der Waals surface area (Å²) in [7, 11) is 0. The van der Waals surface area contributed by atoms with Crippen molar-refractivity contribution in [1.82, 2.24) is 5.32 Å². The molecule has 2 unspecified atom stereocenters. The van der Waals surface area contributed by atoms with Gasteiger partial charge in [0.1, 0.15) is 0 Å². The van der Waals surface area contributed by atoms with Crippen molar-refractivity contribution < 1.29 is 4.79 Å². The van der Waals surface area contributed by atoms with E-state index >= 15 is 0 Å². The third-order valence-electron chi connectivity index (χ3n) is 2.54. The Balaban J connectivity index is 3.50. The Hall–Kier alpha value is -0.220. The molecule has 0 saturated carbocycles. The minimum absolute atomic E-state index is 0.149. The average molecular weight is 260 g/mol. The van der Waals surface area contributed by atoms with E-state index in [-0.39, 0.29) is 11.9 Å². The van der Waals surface area contributed by atoms with E-state index < -0.39 is 0 Å². The first-order chi connectivity index (χ1) is 7.91. The van der Waals surface area contributed by atoms with Crippen LogP contribution in [0.4, 0.5) is 0 Å². The summed E-state index contributed by atoms with van der Waals surface area (Å²) >= 11 is 1.66. The van der Waals surface area contributed by atoms with Crippen LogP contribution in [0, 0.1) is 5.92 Å². The lowest BCUT2D eigenvalue weighted by Gasteiger charge is -2.15. The number of thioether (sulfide) groups is 1. The molecule has 17 heavy (non-hydrogen) atoms. The highest BCUT2D eigenvalue weighted by Crippen LogP contribution is 2.07. The Morgan fingerprint density at radius 1 is 1.18 bits per heavy atom. The second-order valence-corrected chi connectivity index (χ2v) is 6.36. The molecule has 2 atom stereocenters. The molecule has 0 saturated heterocycles. The van der Waals surface area contributed by atoms with E-state index in [9.17, 15) is 4.79 Å². The molecule has 0 aromatic heterocycles. The number of amides is 1. The predicted molar refractivity (Wildman–Crippen MR) is 77.3 cm³/mol. The van der Waals surface area contributed by atoms with Crippen LogP contribution in [0.2, 0.25) is 0 Å². The maximum Gasteiger partial charge on any atom is 0.230 e. The number of hydrogen-bond donors (Lipinski definition) is 2. The van der Waals surface area contributed by atoms with Crippen molar-refractivity contribution in [3.05, 3.63) is 0 Å². The topological polar surface area (TPSA) is 55.1 Å². The van der Waals surface area contributed by atoms with Crippen LogP contribution >= 0.6 is 11.8 Å². The van der Waals surface area contributed by atoms with Crippen molar-refractivity contribution in [1.29, 1.82) is 0 Å². The molecule has 0 aliphatic rings. The van der Waals surface area contributed by atoms with Crippen LogP contribution in [0.1, 0.15) is 47.0 Å². The number of nitrogens with one attached hydrogen (secondary N) is 1. The van der Waals surface area contributed by atoms with E-state index in [2.05, 4.69) is 26.1 Å². The molecule has 0 aliphatic heterocycles. The molecular formula is C13H28N2OS. The zero-order chi connectivity index (χ0) is 13.3. The van der Waals surface area contributed by atoms with Crippen LogP contribution in [0.25, 0.3) is 0 Å². The number of nitrogens with two attached hydrogens (primary N) is 1. The van der Waals surface area contributed by atoms with Crippen LogP contribution in [0.15, 0.2) is 0 Å². The zero-order valence-corrected chi connectivity index (χ0v) is 12.5. The van der Waals surface area contributed by atoms with Gasteiger partial charge in [-0.15, -0.1) is 0 Å². The Bertz CT molecular complexity index is 208. The first-order valence-electron chi connectivity index (χ1n) is 6.54. The van der Waals surface area contributed by atoms with Gasteiger partial charge in [0.15, 0.2) is 0 Å². The average Bonchev–Trinajstić information content (AvgIpc) is 2.21. The molecule has 0 aromatic carbocycles. The van der Waals surface area contributed by atoms with Crippen LogP contribution < -0.4 is 11.1 Å². The molecule has 0 aliphatic carbocycles. The zero-order valence-electron chi connectivity index (χ0n) is 11.7. The maximum absolute atomic E-state index is 11.6. The molecule has 0 heterocycles. The summed E-state index contributed by atoms with van der Waals surface area (Å²) in [6.07, 6.45) is 3.20. The second-order valence-electron chi connectivity index (χ2n) is 5.26. The van der Waals surface area contributed by atoms with Gasteiger partial charge in [0.25, 0.3) is 0 Å². The minimum Gasteiger partial charge on any atom is -0.353 e. The molecule has 0 fully saturated rings. The smallest absolute Gasteiger partial charge is 0.230 e. The first-order valence-corrected chi connectivity index (χ1v) is 7.70. The van der Waals surface area contributed by atoms with Crippen molar-refractivity contribution in [3.63, 3.8) is 0 Å². The van der Waals surface area contributed by atoms with Crippen molar-refractivity contribution in [2.75, 3.05) is 11.5 Å². The maximum atomic E-state index is 11.6. The summed E-state index contributed by atoms with van der Waals surface area (Å²) < 4.78 is 0. The Kier molecular flexibility index (Phi) is 9.65. The van der Waals surface area contributed by atoms with E-state index in [1.165, 1.54) is 6.42 Å². The van der Waals surface area contributed by atoms with Gasteiger partial charge < -0.3 is 11.1 Å². The van der Waals surface area contributed by atoms with Gasteiger partial charge in [-0.3, -0.25) is 4.79 Å². The largest absolute Gasteiger partial charge is 0.353 e. The van der Waals surface area contributed by atoms with Gasteiger partial charge in [-0.2, -0.15) is 11.8 Å². The van der Waals surface area contributed by atoms with Crippen molar-refractivity contribution in [3.8, 4) is 0 Å². The SMILES string of the molecule is CC(C)CCC(C)NC(=O)CSCCC(C)N. The predicted octanol–water partition coefficient (Wildman–Crippen LogP) is 2.40. The third-order valence-corrected chi connectivity index (χ3v) is 3.53. The fourth-order valence-corrected chi connectivity index (χ4v) is 2.36. The molecule has 4 heteroatoms. The van der Waals surface area contributed by atoms with Crippen LogP contribution in [0.3, 0.4) is 0 Å². The molecule has 0 spiro atoms. The Morgan fingerprint density at radius 2 is 1.82 bits per heavy atom. The molecular weight excluding hydrogens is 232 g/mol. The highest BCUT2D eigenvalue weighted by Gasteiger charge is 2.08. The summed E-state index contributed by atoms with van der Waals surface area (Å²) in [5.41, 5.74) is 5.64. The van der Waals surface area contributed by atoms with E-state index in [0.717, 1.165) is 18.6 Å². The van der Waals surface area contributed by atoms with Crippen LogP contribution in [0.5, 0.6) is 0 Å². The fourth-order valence-electron chi connectivity index (χ4n) is 1.41. The minimum atomic E-state index is 0.149. The molecule has 102 valence electrons. The van der Waals surface area contributed by atoms with Crippen molar-refractivity contribution in [2.24, 2.45) is 11.7 Å². The number of rotatable bonds is 9. The Morgan fingerprint density at radius 3 is 2.35 bits per heavy atom. The van der Waals surface area contributed by atoms with Gasteiger partial charge in [-0.25, -0.2) is 0 Å². The van der Waals surface area contributed by atoms with Gasteiger partial charge in [0, 0.05) is 12.1 Å². The molecule has 0 rings (SSSR count). The monoisotopic (exact) mass is 260 g/mol. The summed E-state index contributed by atoms with van der Waals surface area (Å²) in [6.45, 7) is 8.48. The summed E-state index contributed by atoms with van der Waals surface area (Å²) in [6, 6.07) is 0.523. The quantitative estimate of drug-likeness (QED) is 0.626. The highest BCUT2D eigenvalue weighted by molar-refractivity contribution is 7.99. The summed E-state index contributed by atoms with van der Waals surface area (Å²) in [5, 5.41) is 3.03. The van der Waals surface area contributed by atoms with Gasteiger partial charge in [-0.1, -0.05) is 13.8 Å². The van der Waals surface area contributed by atoms with Crippen LogP contribution in [-0.2, 0) is 4.79 Å². The fraction of sp³-hybridized carbons (Fsp3) is 0.923. The van der Waals surface area contributed by atoms with E-state index in [0.29, 0.717) is 17.7 Å². The highest BCUT2D eigenvalue weighted by atomic mass is 32.2. The van der Waals surface area contributed by atoms with Gasteiger partial charge in [0.05, 0.1) is 5.75 Å². The molecule has 3 nitrogen and oxygen atoms in total. The van der Waals surface area contributed by atoms with Gasteiger partial charge >= 0.3 is 0 Å². The van der Waals surface area contributed by atoms with Crippen molar-refractivity contribution >= 4 is 17.7 Å². The van der Waals surface area contributed by atoms with Crippen LogP contribution in [-0.4, -0.2) is 29.5 Å². The second kappa shape index (κ2) is 9.77. The lowest BCUT2D eigenvalue weighted by molar-refractivity contribution is -0.119. The molecule has 0 aromatic rings. The number of carbonyl (C=O) groups excluding carboxylic acids is 1. The van der Waals surface area contributed by atoms with E-state index in [1.54, 1.807) is 11.8 Å². The molecule has 0 bridgehead atoms. The standard InChI is InChI=1S/C13H28N2OS/c1-10(2)5-6-12(4)15-13(16)9-17-8-7-11(3)14/h10-12H,5-9,14H2,1-4H3,(H,15,16). The number of hydrogen-bond acceptors (Lipinski definition) is 3. The molecule has 1 amide bonds. The van der Waals surface area contributed by atoms with Gasteiger partial charge in [0.2, 0.25) is 5.91 Å². The third kappa shape index (κ3) is 12.0. The van der Waals surface area contributed by atoms with E-state index in [4.69, 9.17) is 5.73 Å². The number of carbonyl (C=O) groups is 1. The molecule has 0 radical (unpaired) electrons. The first kappa shape index (κ1) is 16.8. The Labute approximate surface area is 110 Å². The summed E-state index contributed by atoms with van der Waals surface area (Å²) in [5.74, 6) is 2.37. The van der Waals surface area contributed by atoms with Crippen molar-refractivity contribution in [2.45, 2.75) is 59.0 Å². The lowest BCUT2D eigenvalue weighted by atomic mass is 10.0. The normalized spacial score (nSPS) is 14.7. The van der Waals surface area contributed by atoms with E-state index in [1.807, 2.05) is 6.92 Å². The summed E-state index contributed by atoms with van der Waals surface area (Å²) in [4.78, 5) is 11.6. The lowest BCUT2D eigenvalue weighted by Crippen LogP contribution is -2.34. The molecule has 3 N–H and O–H groups in total.